The van der Waals surface area contributed by atoms with Gasteiger partial charge >= 0.3 is 0 Å². The van der Waals surface area contributed by atoms with E-state index in [4.69, 9.17) is 0 Å². The molecule has 64 valence electrons. The van der Waals surface area contributed by atoms with Crippen molar-refractivity contribution in [1.82, 2.24) is 0 Å². The summed E-state index contributed by atoms with van der Waals surface area (Å²) in [6.07, 6.45) is 11.9. The van der Waals surface area contributed by atoms with Gasteiger partial charge in [-0.1, -0.05) is 36.0 Å². The van der Waals surface area contributed by atoms with Crippen LogP contribution >= 0.6 is 0 Å². The summed E-state index contributed by atoms with van der Waals surface area (Å²) in [7, 11) is 0. The molecule has 0 aromatic heterocycles. The van der Waals surface area contributed by atoms with E-state index in [1.54, 1.807) is 0 Å². The molecule has 0 heteroatoms. The lowest BCUT2D eigenvalue weighted by molar-refractivity contribution is 1.19. The molecule has 0 amide bonds. The van der Waals surface area contributed by atoms with Crippen molar-refractivity contribution in [2.45, 2.75) is 27.2 Å². The summed E-state index contributed by atoms with van der Waals surface area (Å²) in [5.74, 6) is 0. The zero-order valence-electron chi connectivity index (χ0n) is 8.09. The topological polar surface area (TPSA) is 0 Å². The van der Waals surface area contributed by atoms with Gasteiger partial charge in [-0.3, -0.25) is 0 Å². The van der Waals surface area contributed by atoms with Crippen molar-refractivity contribution in [2.24, 2.45) is 0 Å². The van der Waals surface area contributed by atoms with Crippen LogP contribution in [-0.4, -0.2) is 0 Å². The summed E-state index contributed by atoms with van der Waals surface area (Å²) in [5.41, 5.74) is 4.28. The fourth-order valence-corrected chi connectivity index (χ4v) is 1.44. The maximum atomic E-state index is 2.26. The molecule has 0 saturated carbocycles. The van der Waals surface area contributed by atoms with Gasteiger partial charge in [0.2, 0.25) is 0 Å². The monoisotopic (exact) mass is 160 g/mol. The third kappa shape index (κ3) is 1.97. The Balaban J connectivity index is 2.88. The van der Waals surface area contributed by atoms with Gasteiger partial charge < -0.3 is 0 Å². The Morgan fingerprint density at radius 1 is 1.33 bits per heavy atom. The fraction of sp³-hybridized carbons (Fsp3) is 0.333. The number of hydrogen-bond acceptors (Lipinski definition) is 0. The van der Waals surface area contributed by atoms with Crippen molar-refractivity contribution in [3.05, 3.63) is 47.1 Å². The molecule has 0 aromatic carbocycles. The second-order valence-electron chi connectivity index (χ2n) is 3.13. The standard InChI is InChI=1S/C12H16/c1-4-6-7-12-9-10(3)8-11(12)5-2/h4-7,9H,8H2,1-3H3/b6-4-,11-5-,12-7-. The first-order valence-corrected chi connectivity index (χ1v) is 4.43. The van der Waals surface area contributed by atoms with Crippen molar-refractivity contribution in [3.63, 3.8) is 0 Å². The van der Waals surface area contributed by atoms with E-state index in [1.807, 2.05) is 6.92 Å². The summed E-state index contributed by atoms with van der Waals surface area (Å²) < 4.78 is 0. The maximum Gasteiger partial charge on any atom is -0.00639 e. The molecule has 0 aliphatic heterocycles. The molecule has 0 nitrogen and oxygen atoms in total. The van der Waals surface area contributed by atoms with E-state index in [0.29, 0.717) is 0 Å². The van der Waals surface area contributed by atoms with Crippen molar-refractivity contribution in [3.8, 4) is 0 Å². The van der Waals surface area contributed by atoms with Gasteiger partial charge in [0, 0.05) is 0 Å². The molecule has 0 N–H and O–H groups in total. The van der Waals surface area contributed by atoms with Crippen LogP contribution in [0.15, 0.2) is 47.1 Å². The maximum absolute atomic E-state index is 2.26. The van der Waals surface area contributed by atoms with Crippen LogP contribution in [0.1, 0.15) is 27.2 Å². The molecule has 0 atom stereocenters. The fourth-order valence-electron chi connectivity index (χ4n) is 1.44. The summed E-state index contributed by atoms with van der Waals surface area (Å²) in [6, 6.07) is 0. The second-order valence-corrected chi connectivity index (χ2v) is 3.13. The number of hydrogen-bond donors (Lipinski definition) is 0. The molecule has 0 spiro atoms. The molecular formula is C12H16. The van der Waals surface area contributed by atoms with Crippen LogP contribution in [0, 0.1) is 0 Å². The Morgan fingerprint density at radius 2 is 2.08 bits per heavy atom. The minimum Gasteiger partial charge on any atom is -0.0876 e. The van der Waals surface area contributed by atoms with Crippen LogP contribution in [0.4, 0.5) is 0 Å². The van der Waals surface area contributed by atoms with Gasteiger partial charge in [-0.25, -0.2) is 0 Å². The molecule has 0 aromatic rings. The zero-order chi connectivity index (χ0) is 8.97. The molecule has 0 fully saturated rings. The van der Waals surface area contributed by atoms with Gasteiger partial charge in [0.1, 0.15) is 0 Å². The van der Waals surface area contributed by atoms with Gasteiger partial charge in [0.05, 0.1) is 0 Å². The average molecular weight is 160 g/mol. The predicted octanol–water partition coefficient (Wildman–Crippen LogP) is 3.79. The molecule has 0 bridgehead atoms. The van der Waals surface area contributed by atoms with E-state index < -0.39 is 0 Å². The molecule has 1 aliphatic carbocycles. The first kappa shape index (κ1) is 9.05. The smallest absolute Gasteiger partial charge is 0.00639 e. The van der Waals surface area contributed by atoms with Crippen LogP contribution in [0.5, 0.6) is 0 Å². The Kier molecular flexibility index (Phi) is 3.09. The average Bonchev–Trinajstić information content (AvgIpc) is 2.42. The van der Waals surface area contributed by atoms with Crippen LogP contribution < -0.4 is 0 Å². The Morgan fingerprint density at radius 3 is 2.67 bits per heavy atom. The van der Waals surface area contributed by atoms with Gasteiger partial charge in [-0.2, -0.15) is 0 Å². The second kappa shape index (κ2) is 4.10. The third-order valence-electron chi connectivity index (χ3n) is 2.06. The van der Waals surface area contributed by atoms with Crippen LogP contribution in [-0.2, 0) is 0 Å². The first-order chi connectivity index (χ1) is 5.77. The Bertz CT molecular complexity index is 272. The summed E-state index contributed by atoms with van der Waals surface area (Å²) >= 11 is 0. The molecular weight excluding hydrogens is 144 g/mol. The van der Waals surface area contributed by atoms with Gasteiger partial charge in [-0.05, 0) is 38.3 Å². The largest absolute Gasteiger partial charge is 0.0876 e. The van der Waals surface area contributed by atoms with Crippen molar-refractivity contribution < 1.29 is 0 Å². The van der Waals surface area contributed by atoms with E-state index in [0.717, 1.165) is 6.42 Å². The van der Waals surface area contributed by atoms with Crippen molar-refractivity contribution in [1.29, 1.82) is 0 Å². The number of allylic oxidation sites excluding steroid dienone is 8. The summed E-state index contributed by atoms with van der Waals surface area (Å²) in [5, 5.41) is 0. The van der Waals surface area contributed by atoms with Crippen molar-refractivity contribution >= 4 is 0 Å². The Hall–Kier alpha value is -1.04. The van der Waals surface area contributed by atoms with Gasteiger partial charge in [0.15, 0.2) is 0 Å². The van der Waals surface area contributed by atoms with Crippen LogP contribution in [0.3, 0.4) is 0 Å². The van der Waals surface area contributed by atoms with Crippen LogP contribution in [0.25, 0.3) is 0 Å². The minimum atomic E-state index is 1.12. The quantitative estimate of drug-likeness (QED) is 0.547. The third-order valence-corrected chi connectivity index (χ3v) is 2.06. The van der Waals surface area contributed by atoms with E-state index in [1.165, 1.54) is 16.7 Å². The lowest BCUT2D eigenvalue weighted by Gasteiger charge is -1.96. The van der Waals surface area contributed by atoms with E-state index in [2.05, 4.69) is 44.2 Å². The highest BCUT2D eigenvalue weighted by Gasteiger charge is 2.09. The minimum absolute atomic E-state index is 1.12. The summed E-state index contributed by atoms with van der Waals surface area (Å²) in [4.78, 5) is 0. The SMILES string of the molecule is C\C=C/C=C1/C=C(C)C/C1=C/C. The molecule has 0 saturated heterocycles. The summed E-state index contributed by atoms with van der Waals surface area (Å²) in [6.45, 7) is 6.32. The normalized spacial score (nSPS) is 24.4. The number of rotatable bonds is 1. The molecule has 1 aliphatic rings. The molecule has 0 unspecified atom stereocenters. The lowest BCUT2D eigenvalue weighted by atomic mass is 10.1. The first-order valence-electron chi connectivity index (χ1n) is 4.43. The molecule has 12 heavy (non-hydrogen) atoms. The highest BCUT2D eigenvalue weighted by molar-refractivity contribution is 5.50. The van der Waals surface area contributed by atoms with Gasteiger partial charge in [-0.15, -0.1) is 0 Å². The predicted molar refractivity (Wildman–Crippen MR) is 55.0 cm³/mol. The Labute approximate surface area is 75.0 Å². The van der Waals surface area contributed by atoms with E-state index >= 15 is 0 Å². The molecule has 0 heterocycles. The van der Waals surface area contributed by atoms with E-state index in [-0.39, 0.29) is 0 Å². The van der Waals surface area contributed by atoms with Crippen LogP contribution in [0.2, 0.25) is 0 Å². The van der Waals surface area contributed by atoms with Crippen molar-refractivity contribution in [2.75, 3.05) is 0 Å². The van der Waals surface area contributed by atoms with Gasteiger partial charge in [0.25, 0.3) is 0 Å². The lowest BCUT2D eigenvalue weighted by Crippen LogP contribution is -1.77. The highest BCUT2D eigenvalue weighted by Crippen LogP contribution is 2.28. The molecule has 0 radical (unpaired) electrons. The van der Waals surface area contributed by atoms with E-state index in [9.17, 15) is 0 Å². The zero-order valence-corrected chi connectivity index (χ0v) is 8.09. The molecule has 1 rings (SSSR count). The highest BCUT2D eigenvalue weighted by atomic mass is 14.1.